The van der Waals surface area contributed by atoms with E-state index in [1.807, 2.05) is 12.3 Å². The van der Waals surface area contributed by atoms with Crippen molar-refractivity contribution < 1.29 is 4.92 Å². The minimum Gasteiger partial charge on any atom is -0.375 e. The molecule has 0 aliphatic rings. The Bertz CT molecular complexity index is 776. The molecule has 0 bridgehead atoms. The van der Waals surface area contributed by atoms with Crippen LogP contribution in [-0.2, 0) is 0 Å². The molecule has 0 saturated heterocycles. The molecule has 0 aliphatic carbocycles. The first-order chi connectivity index (χ1) is 9.56. The molecule has 0 aliphatic heterocycles. The first-order valence-corrected chi connectivity index (χ1v) is 7.39. The number of rotatable bonds is 4. The molecule has 0 aromatic carbocycles. The Morgan fingerprint density at radius 2 is 2.30 bits per heavy atom. The summed E-state index contributed by atoms with van der Waals surface area (Å²) in [5.41, 5.74) is 6.32. The Morgan fingerprint density at radius 1 is 1.50 bits per heavy atom. The highest BCUT2D eigenvalue weighted by Crippen LogP contribution is 2.31. The molecule has 3 N–H and O–H groups in total. The smallest absolute Gasteiger partial charge is 0.372 e. The SMILES string of the molecule is CC(Nc1nc2sccn2c1[N+](=O)[O-])c1csc(N)n1. The second-order valence-corrected chi connectivity index (χ2v) is 5.84. The van der Waals surface area contributed by atoms with E-state index in [1.54, 1.807) is 11.6 Å². The standard InChI is InChI=1S/C10H10N6O2S2/c1-5(6-4-20-9(11)13-6)12-7-8(16(17)18)15-2-3-19-10(15)14-7/h2-5,12H,1H3,(H2,11,13). The number of nitrogens with two attached hydrogens (primary N) is 1. The maximum Gasteiger partial charge on any atom is 0.372 e. The predicted molar refractivity (Wildman–Crippen MR) is 78.3 cm³/mol. The number of hydrogen-bond acceptors (Lipinski definition) is 8. The third kappa shape index (κ3) is 2.08. The minimum atomic E-state index is -0.447. The number of nitro groups is 1. The van der Waals surface area contributed by atoms with Crippen LogP contribution in [0.3, 0.4) is 0 Å². The Morgan fingerprint density at radius 3 is 2.95 bits per heavy atom. The third-order valence-electron chi connectivity index (χ3n) is 2.75. The molecule has 0 spiro atoms. The van der Waals surface area contributed by atoms with Crippen LogP contribution in [0.1, 0.15) is 18.7 Å². The average molecular weight is 310 g/mol. The summed E-state index contributed by atoms with van der Waals surface area (Å²) in [6, 6.07) is -0.216. The van der Waals surface area contributed by atoms with Crippen LogP contribution in [0, 0.1) is 10.1 Å². The number of aromatic nitrogens is 3. The van der Waals surface area contributed by atoms with Gasteiger partial charge in [-0.25, -0.2) is 4.98 Å². The second-order valence-electron chi connectivity index (χ2n) is 4.07. The highest BCUT2D eigenvalue weighted by molar-refractivity contribution is 7.15. The molecule has 1 unspecified atom stereocenters. The molecule has 1 atom stereocenters. The summed E-state index contributed by atoms with van der Waals surface area (Å²) in [5.74, 6) is 0.164. The zero-order valence-corrected chi connectivity index (χ0v) is 11.9. The maximum absolute atomic E-state index is 11.2. The van der Waals surface area contributed by atoms with Gasteiger partial charge in [0.25, 0.3) is 4.96 Å². The molecule has 0 radical (unpaired) electrons. The first-order valence-electron chi connectivity index (χ1n) is 5.63. The van der Waals surface area contributed by atoms with Gasteiger partial charge in [-0.05, 0) is 11.8 Å². The van der Waals surface area contributed by atoms with Crippen LogP contribution in [0.2, 0.25) is 0 Å². The minimum absolute atomic E-state index is 0.0729. The Labute approximate surface area is 121 Å². The van der Waals surface area contributed by atoms with E-state index in [2.05, 4.69) is 15.3 Å². The highest BCUT2D eigenvalue weighted by atomic mass is 32.1. The van der Waals surface area contributed by atoms with Crippen molar-refractivity contribution in [3.05, 3.63) is 32.8 Å². The Hall–Kier alpha value is -2.20. The summed E-state index contributed by atoms with van der Waals surface area (Å²) in [6.07, 6.45) is 1.63. The molecule has 3 aromatic rings. The second kappa shape index (κ2) is 4.72. The summed E-state index contributed by atoms with van der Waals surface area (Å²) < 4.78 is 1.45. The molecule has 104 valence electrons. The number of thiazole rings is 2. The van der Waals surface area contributed by atoms with E-state index in [4.69, 9.17) is 5.73 Å². The van der Waals surface area contributed by atoms with E-state index < -0.39 is 4.92 Å². The number of nitrogens with zero attached hydrogens (tertiary/aromatic N) is 4. The Balaban J connectivity index is 1.96. The van der Waals surface area contributed by atoms with Gasteiger partial charge in [0, 0.05) is 10.8 Å². The highest BCUT2D eigenvalue weighted by Gasteiger charge is 2.25. The molecule has 0 amide bonds. The molecule has 0 saturated carbocycles. The average Bonchev–Trinajstić information content (AvgIpc) is 3.03. The first kappa shape index (κ1) is 12.8. The molecule has 0 fully saturated rings. The van der Waals surface area contributed by atoms with Gasteiger partial charge in [-0.2, -0.15) is 9.38 Å². The van der Waals surface area contributed by atoms with Crippen LogP contribution in [0.4, 0.5) is 16.8 Å². The fourth-order valence-corrected chi connectivity index (χ4v) is 3.19. The van der Waals surface area contributed by atoms with Crippen molar-refractivity contribution in [2.75, 3.05) is 11.1 Å². The van der Waals surface area contributed by atoms with Gasteiger partial charge in [0.2, 0.25) is 5.82 Å². The lowest BCUT2D eigenvalue weighted by Gasteiger charge is -2.09. The number of anilines is 2. The van der Waals surface area contributed by atoms with Crippen molar-refractivity contribution in [3.8, 4) is 0 Å². The predicted octanol–water partition coefficient (Wildman–Crippen LogP) is 2.52. The van der Waals surface area contributed by atoms with Crippen molar-refractivity contribution in [2.45, 2.75) is 13.0 Å². The van der Waals surface area contributed by atoms with Crippen LogP contribution in [-0.4, -0.2) is 19.3 Å². The fourth-order valence-electron chi connectivity index (χ4n) is 1.82. The lowest BCUT2D eigenvalue weighted by molar-refractivity contribution is -0.389. The van der Waals surface area contributed by atoms with Gasteiger partial charge in [0.15, 0.2) is 5.13 Å². The zero-order valence-electron chi connectivity index (χ0n) is 10.3. The third-order valence-corrected chi connectivity index (χ3v) is 4.20. The number of nitrogens with one attached hydrogen (secondary N) is 1. The molecule has 3 aromatic heterocycles. The molecule has 10 heteroatoms. The van der Waals surface area contributed by atoms with Gasteiger partial charge in [-0.3, -0.25) is 0 Å². The monoisotopic (exact) mass is 310 g/mol. The number of nitrogen functional groups attached to an aromatic ring is 1. The van der Waals surface area contributed by atoms with Crippen LogP contribution in [0.5, 0.6) is 0 Å². The van der Waals surface area contributed by atoms with Gasteiger partial charge >= 0.3 is 5.82 Å². The van der Waals surface area contributed by atoms with Crippen molar-refractivity contribution in [1.82, 2.24) is 14.4 Å². The summed E-state index contributed by atoms with van der Waals surface area (Å²) in [7, 11) is 0. The van der Waals surface area contributed by atoms with Gasteiger partial charge < -0.3 is 21.2 Å². The van der Waals surface area contributed by atoms with E-state index >= 15 is 0 Å². The molecular weight excluding hydrogens is 300 g/mol. The lowest BCUT2D eigenvalue weighted by Crippen LogP contribution is -2.09. The molecule has 8 nitrogen and oxygen atoms in total. The van der Waals surface area contributed by atoms with E-state index in [1.165, 1.54) is 27.1 Å². The summed E-state index contributed by atoms with van der Waals surface area (Å²) in [4.78, 5) is 19.7. The number of hydrogen-bond donors (Lipinski definition) is 2. The van der Waals surface area contributed by atoms with Crippen molar-refractivity contribution in [3.63, 3.8) is 0 Å². The molecular formula is C10H10N6O2S2. The summed E-state index contributed by atoms with van der Waals surface area (Å²) in [6.45, 7) is 1.85. The van der Waals surface area contributed by atoms with Crippen LogP contribution >= 0.6 is 22.7 Å². The van der Waals surface area contributed by atoms with Crippen LogP contribution < -0.4 is 11.1 Å². The van der Waals surface area contributed by atoms with Gasteiger partial charge in [-0.15, -0.1) is 11.3 Å². The summed E-state index contributed by atoms with van der Waals surface area (Å²) in [5, 5.41) is 18.2. The van der Waals surface area contributed by atoms with Crippen molar-refractivity contribution >= 4 is 44.4 Å². The van der Waals surface area contributed by atoms with Crippen LogP contribution in [0.25, 0.3) is 4.96 Å². The summed E-state index contributed by atoms with van der Waals surface area (Å²) >= 11 is 2.67. The molecule has 3 rings (SSSR count). The lowest BCUT2D eigenvalue weighted by atomic mass is 10.2. The Kier molecular flexibility index (Phi) is 3.03. The zero-order chi connectivity index (χ0) is 14.3. The van der Waals surface area contributed by atoms with E-state index in [0.29, 0.717) is 10.1 Å². The van der Waals surface area contributed by atoms with E-state index in [-0.39, 0.29) is 17.7 Å². The van der Waals surface area contributed by atoms with Gasteiger partial charge in [0.1, 0.15) is 6.20 Å². The van der Waals surface area contributed by atoms with Crippen LogP contribution in [0.15, 0.2) is 17.0 Å². The topological polar surface area (TPSA) is 111 Å². The molecule has 3 heterocycles. The fraction of sp³-hybridized carbons (Fsp3) is 0.200. The maximum atomic E-state index is 11.2. The number of imidazole rings is 1. The largest absolute Gasteiger partial charge is 0.375 e. The molecule has 20 heavy (non-hydrogen) atoms. The van der Waals surface area contributed by atoms with Gasteiger partial charge in [-0.1, -0.05) is 11.3 Å². The van der Waals surface area contributed by atoms with E-state index in [0.717, 1.165) is 5.69 Å². The van der Waals surface area contributed by atoms with Crippen molar-refractivity contribution in [2.24, 2.45) is 0 Å². The van der Waals surface area contributed by atoms with E-state index in [9.17, 15) is 10.1 Å². The van der Waals surface area contributed by atoms with Gasteiger partial charge in [0.05, 0.1) is 11.7 Å². The normalized spacial score (nSPS) is 12.7. The number of fused-ring (bicyclic) bond motifs is 1. The van der Waals surface area contributed by atoms with Crippen molar-refractivity contribution in [1.29, 1.82) is 0 Å². The quantitative estimate of drug-likeness (QED) is 0.565.